The van der Waals surface area contributed by atoms with Crippen molar-refractivity contribution in [2.24, 2.45) is 0 Å². The molecule has 0 aliphatic carbocycles. The van der Waals surface area contributed by atoms with Crippen LogP contribution in [0.2, 0.25) is 0 Å². The van der Waals surface area contributed by atoms with E-state index in [-0.39, 0.29) is 10.6 Å². The summed E-state index contributed by atoms with van der Waals surface area (Å²) in [6.07, 6.45) is -0.118. The minimum atomic E-state index is -3.91. The average molecular weight is 377 g/mol. The van der Waals surface area contributed by atoms with E-state index in [0.29, 0.717) is 18.5 Å². The third kappa shape index (κ3) is 6.07. The van der Waals surface area contributed by atoms with Gasteiger partial charge in [-0.1, -0.05) is 36.4 Å². The maximum atomic E-state index is 12.4. The summed E-state index contributed by atoms with van der Waals surface area (Å²) in [6.45, 7) is 5.64. The molecule has 0 unspecified atom stereocenters. The second kappa shape index (κ2) is 8.23. The number of alkyl carbamates (subject to hydrolysis) is 1. The molecule has 0 saturated heterocycles. The van der Waals surface area contributed by atoms with E-state index >= 15 is 0 Å². The van der Waals surface area contributed by atoms with Crippen LogP contribution in [0.1, 0.15) is 26.3 Å². The molecule has 0 aliphatic heterocycles. The van der Waals surface area contributed by atoms with Gasteiger partial charge in [-0.3, -0.25) is 0 Å². The molecule has 0 atom stereocenters. The van der Waals surface area contributed by atoms with Gasteiger partial charge in [0.25, 0.3) is 0 Å². The summed E-state index contributed by atoms with van der Waals surface area (Å²) in [5.41, 5.74) is 0.0950. The molecule has 7 heteroatoms. The molecule has 0 saturated carbocycles. The molecule has 0 fully saturated rings. The molecule has 0 heterocycles. The van der Waals surface area contributed by atoms with Crippen molar-refractivity contribution < 1.29 is 22.1 Å². The number of ether oxygens (including phenoxy) is 1. The fraction of sp³-hybridized carbons (Fsp3) is 0.316. The molecule has 2 aromatic carbocycles. The number of nitrogens with one attached hydrogen (secondary N) is 1. The highest BCUT2D eigenvalue weighted by Crippen LogP contribution is 2.23. The van der Waals surface area contributed by atoms with Crippen LogP contribution in [0.15, 0.2) is 59.5 Å². The number of hydrogen-bond donors (Lipinski definition) is 1. The number of amides is 1. The minimum absolute atomic E-state index is 0.0849. The van der Waals surface area contributed by atoms with Crippen molar-refractivity contribution in [1.29, 1.82) is 0 Å². The Bertz CT molecular complexity index is 842. The van der Waals surface area contributed by atoms with Crippen molar-refractivity contribution in [3.05, 3.63) is 60.2 Å². The lowest BCUT2D eigenvalue weighted by Crippen LogP contribution is -2.33. The monoisotopic (exact) mass is 377 g/mol. The maximum absolute atomic E-state index is 12.4. The van der Waals surface area contributed by atoms with Crippen LogP contribution in [0.5, 0.6) is 5.75 Å². The lowest BCUT2D eigenvalue weighted by molar-refractivity contribution is 0.0528. The zero-order valence-corrected chi connectivity index (χ0v) is 15.9. The highest BCUT2D eigenvalue weighted by molar-refractivity contribution is 7.87. The number of benzene rings is 2. The fourth-order valence-corrected chi connectivity index (χ4v) is 3.14. The maximum Gasteiger partial charge on any atom is 0.407 e. The van der Waals surface area contributed by atoms with Crippen LogP contribution >= 0.6 is 0 Å². The third-order valence-corrected chi connectivity index (χ3v) is 4.52. The Labute approximate surface area is 154 Å². The van der Waals surface area contributed by atoms with E-state index in [0.717, 1.165) is 0 Å². The Morgan fingerprint density at radius 3 is 2.27 bits per heavy atom. The topological polar surface area (TPSA) is 81.7 Å². The van der Waals surface area contributed by atoms with Gasteiger partial charge in [-0.2, -0.15) is 8.42 Å². The van der Waals surface area contributed by atoms with Crippen LogP contribution in [-0.2, 0) is 21.3 Å². The van der Waals surface area contributed by atoms with Gasteiger partial charge >= 0.3 is 16.2 Å². The Morgan fingerprint density at radius 2 is 1.62 bits per heavy atom. The van der Waals surface area contributed by atoms with Gasteiger partial charge in [0.15, 0.2) is 0 Å². The number of para-hydroxylation sites is 1. The SMILES string of the molecule is CC(C)(C)OC(=O)NCCc1ccccc1OS(=O)(=O)c1ccccc1. The average Bonchev–Trinajstić information content (AvgIpc) is 2.55. The number of rotatable bonds is 6. The first-order valence-corrected chi connectivity index (χ1v) is 9.62. The molecule has 0 aliphatic rings. The number of carbonyl (C=O) groups is 1. The zero-order chi connectivity index (χ0) is 19.2. The van der Waals surface area contributed by atoms with E-state index in [1.807, 2.05) is 0 Å². The van der Waals surface area contributed by atoms with Crippen LogP contribution in [0.25, 0.3) is 0 Å². The second-order valence-corrected chi connectivity index (χ2v) is 8.18. The molecule has 2 rings (SSSR count). The summed E-state index contributed by atoms with van der Waals surface area (Å²) < 4.78 is 35.2. The molecule has 0 aromatic heterocycles. The van der Waals surface area contributed by atoms with Crippen molar-refractivity contribution in [3.63, 3.8) is 0 Å². The van der Waals surface area contributed by atoms with E-state index < -0.39 is 21.8 Å². The van der Waals surface area contributed by atoms with Gasteiger partial charge in [0, 0.05) is 6.54 Å². The number of hydrogen-bond acceptors (Lipinski definition) is 5. The minimum Gasteiger partial charge on any atom is -0.444 e. The van der Waals surface area contributed by atoms with Crippen LogP contribution < -0.4 is 9.50 Å². The van der Waals surface area contributed by atoms with Crippen LogP contribution in [0.3, 0.4) is 0 Å². The molecule has 1 N–H and O–H groups in total. The first kappa shape index (κ1) is 19.8. The van der Waals surface area contributed by atoms with Crippen LogP contribution in [0.4, 0.5) is 4.79 Å². The summed E-state index contributed by atoms with van der Waals surface area (Å²) >= 11 is 0. The highest BCUT2D eigenvalue weighted by Gasteiger charge is 2.18. The molecule has 6 nitrogen and oxygen atoms in total. The largest absolute Gasteiger partial charge is 0.444 e. The lowest BCUT2D eigenvalue weighted by atomic mass is 10.1. The predicted octanol–water partition coefficient (Wildman–Crippen LogP) is 3.52. The first-order valence-electron chi connectivity index (χ1n) is 8.22. The quantitative estimate of drug-likeness (QED) is 0.779. The molecule has 26 heavy (non-hydrogen) atoms. The van der Waals surface area contributed by atoms with Crippen LogP contribution in [0, 0.1) is 0 Å². The van der Waals surface area contributed by atoms with E-state index in [9.17, 15) is 13.2 Å². The van der Waals surface area contributed by atoms with Crippen LogP contribution in [-0.4, -0.2) is 26.7 Å². The van der Waals surface area contributed by atoms with Crippen molar-refractivity contribution in [3.8, 4) is 5.75 Å². The molecular formula is C19H23NO5S. The predicted molar refractivity (Wildman–Crippen MR) is 98.6 cm³/mol. The van der Waals surface area contributed by atoms with Gasteiger partial charge in [-0.25, -0.2) is 4.79 Å². The van der Waals surface area contributed by atoms with Gasteiger partial charge in [0.1, 0.15) is 16.2 Å². The Morgan fingerprint density at radius 1 is 1.00 bits per heavy atom. The number of carbonyl (C=O) groups excluding carboxylic acids is 1. The van der Waals surface area contributed by atoms with Crippen molar-refractivity contribution >= 4 is 16.2 Å². The van der Waals surface area contributed by atoms with Gasteiger partial charge in [0.05, 0.1) is 0 Å². The summed E-state index contributed by atoms with van der Waals surface area (Å²) in [4.78, 5) is 11.8. The van der Waals surface area contributed by atoms with Gasteiger partial charge in [-0.05, 0) is 51.0 Å². The van der Waals surface area contributed by atoms with E-state index in [2.05, 4.69) is 5.32 Å². The molecule has 2 aromatic rings. The first-order chi connectivity index (χ1) is 12.2. The molecule has 1 amide bonds. The lowest BCUT2D eigenvalue weighted by Gasteiger charge is -2.19. The van der Waals surface area contributed by atoms with E-state index in [4.69, 9.17) is 8.92 Å². The standard InChI is InChI=1S/C19H23NO5S/c1-19(2,3)24-18(21)20-14-13-15-9-7-8-12-17(15)25-26(22,23)16-10-5-4-6-11-16/h4-12H,13-14H2,1-3H3,(H,20,21). The van der Waals surface area contributed by atoms with Gasteiger partial charge in [-0.15, -0.1) is 0 Å². The Kier molecular flexibility index (Phi) is 6.26. The van der Waals surface area contributed by atoms with E-state index in [1.54, 1.807) is 63.2 Å². The van der Waals surface area contributed by atoms with Crippen molar-refractivity contribution in [2.45, 2.75) is 37.7 Å². The van der Waals surface area contributed by atoms with Crippen molar-refractivity contribution in [1.82, 2.24) is 5.32 Å². The molecule has 0 bridgehead atoms. The third-order valence-electron chi connectivity index (χ3n) is 3.27. The zero-order valence-electron chi connectivity index (χ0n) is 15.1. The summed E-state index contributed by atoms with van der Waals surface area (Å²) in [6, 6.07) is 14.8. The molecule has 0 radical (unpaired) electrons. The Hall–Kier alpha value is -2.54. The van der Waals surface area contributed by atoms with E-state index in [1.165, 1.54) is 12.1 Å². The van der Waals surface area contributed by atoms with Gasteiger partial charge in [0.2, 0.25) is 0 Å². The van der Waals surface area contributed by atoms with Gasteiger partial charge < -0.3 is 14.2 Å². The Balaban J connectivity index is 2.03. The summed E-state index contributed by atoms with van der Waals surface area (Å²) in [7, 11) is -3.91. The van der Waals surface area contributed by atoms with Crippen molar-refractivity contribution in [2.75, 3.05) is 6.54 Å². The highest BCUT2D eigenvalue weighted by atomic mass is 32.2. The fourth-order valence-electron chi connectivity index (χ4n) is 2.16. The second-order valence-electron chi connectivity index (χ2n) is 6.64. The smallest absolute Gasteiger partial charge is 0.407 e. The molecule has 140 valence electrons. The molecular weight excluding hydrogens is 354 g/mol. The summed E-state index contributed by atoms with van der Waals surface area (Å²) in [5, 5.41) is 2.64. The summed E-state index contributed by atoms with van der Waals surface area (Å²) in [5.74, 6) is 0.238. The normalized spacial score (nSPS) is 11.7. The molecule has 0 spiro atoms.